The Bertz CT molecular complexity index is 317. The number of nitrogens with zero attached hydrogens (tertiary/aromatic N) is 1. The van der Waals surface area contributed by atoms with E-state index in [9.17, 15) is 14.4 Å². The monoisotopic (exact) mass is 242 g/mol. The largest absolute Gasteiger partial charge is 0.481 e. The number of carboxylic acid groups (broad SMARTS) is 1. The van der Waals surface area contributed by atoms with E-state index in [0.29, 0.717) is 13.1 Å². The number of nitrogens with one attached hydrogen (secondary N) is 1. The number of amides is 2. The number of rotatable bonds is 4. The van der Waals surface area contributed by atoms with Gasteiger partial charge in [-0.05, 0) is 12.3 Å². The molecule has 96 valence electrons. The van der Waals surface area contributed by atoms with Crippen LogP contribution in [0, 0.1) is 5.92 Å². The summed E-state index contributed by atoms with van der Waals surface area (Å²) in [4.78, 5) is 35.1. The standard InChI is InChI=1S/C11H18N2O4/c1-8(6-11(16)17)5-10(15)13-4-2-3-12-9(14)7-13/h8H,2-7H2,1H3,(H,12,14)(H,16,17). The maximum Gasteiger partial charge on any atom is 0.303 e. The highest BCUT2D eigenvalue weighted by Crippen LogP contribution is 2.10. The summed E-state index contributed by atoms with van der Waals surface area (Å²) in [7, 11) is 0. The summed E-state index contributed by atoms with van der Waals surface area (Å²) >= 11 is 0. The number of carbonyl (C=O) groups excluding carboxylic acids is 2. The molecule has 0 aromatic carbocycles. The van der Waals surface area contributed by atoms with Crippen molar-refractivity contribution in [1.29, 1.82) is 0 Å². The van der Waals surface area contributed by atoms with Gasteiger partial charge in [0.1, 0.15) is 0 Å². The van der Waals surface area contributed by atoms with Gasteiger partial charge >= 0.3 is 5.97 Å². The van der Waals surface area contributed by atoms with Gasteiger partial charge in [-0.15, -0.1) is 0 Å². The molecule has 0 bridgehead atoms. The summed E-state index contributed by atoms with van der Waals surface area (Å²) in [5.41, 5.74) is 0. The molecule has 1 aliphatic heterocycles. The summed E-state index contributed by atoms with van der Waals surface area (Å²) in [6, 6.07) is 0. The molecule has 0 radical (unpaired) electrons. The van der Waals surface area contributed by atoms with Gasteiger partial charge in [-0.3, -0.25) is 14.4 Å². The molecule has 1 aliphatic rings. The first-order valence-electron chi connectivity index (χ1n) is 5.75. The van der Waals surface area contributed by atoms with Crippen molar-refractivity contribution in [1.82, 2.24) is 10.2 Å². The third kappa shape index (κ3) is 4.84. The summed E-state index contributed by atoms with van der Waals surface area (Å²) in [6.45, 7) is 2.95. The third-order valence-electron chi connectivity index (χ3n) is 2.66. The summed E-state index contributed by atoms with van der Waals surface area (Å²) in [5, 5.41) is 11.3. The van der Waals surface area contributed by atoms with E-state index in [1.807, 2.05) is 0 Å². The summed E-state index contributed by atoms with van der Waals surface area (Å²) in [6.07, 6.45) is 0.899. The minimum atomic E-state index is -0.904. The highest BCUT2D eigenvalue weighted by atomic mass is 16.4. The van der Waals surface area contributed by atoms with Crippen LogP contribution in [0.25, 0.3) is 0 Å². The van der Waals surface area contributed by atoms with Crippen molar-refractivity contribution >= 4 is 17.8 Å². The normalized spacial score (nSPS) is 18.2. The fourth-order valence-electron chi connectivity index (χ4n) is 1.82. The molecule has 0 aliphatic carbocycles. The van der Waals surface area contributed by atoms with Gasteiger partial charge in [0, 0.05) is 25.9 Å². The molecule has 6 heteroatoms. The smallest absolute Gasteiger partial charge is 0.303 e. The number of hydrogen-bond acceptors (Lipinski definition) is 3. The van der Waals surface area contributed by atoms with Gasteiger partial charge in [-0.2, -0.15) is 0 Å². The Labute approximate surface area is 100.0 Å². The Morgan fingerprint density at radius 2 is 2.18 bits per heavy atom. The van der Waals surface area contributed by atoms with Crippen molar-refractivity contribution in [2.24, 2.45) is 5.92 Å². The molecule has 1 unspecified atom stereocenters. The SMILES string of the molecule is CC(CC(=O)O)CC(=O)N1CCCNC(=O)C1. The molecule has 1 saturated heterocycles. The molecule has 1 atom stereocenters. The molecule has 0 aromatic rings. The summed E-state index contributed by atoms with van der Waals surface area (Å²) in [5.74, 6) is -1.40. The van der Waals surface area contributed by atoms with E-state index in [1.165, 1.54) is 4.90 Å². The van der Waals surface area contributed by atoms with Gasteiger partial charge in [-0.25, -0.2) is 0 Å². The number of aliphatic carboxylic acids is 1. The minimum absolute atomic E-state index is 0.0220. The van der Waals surface area contributed by atoms with E-state index < -0.39 is 5.97 Å². The molecule has 17 heavy (non-hydrogen) atoms. The molecule has 0 spiro atoms. The number of hydrogen-bond donors (Lipinski definition) is 2. The van der Waals surface area contributed by atoms with Crippen LogP contribution < -0.4 is 5.32 Å². The second-order valence-electron chi connectivity index (χ2n) is 4.43. The van der Waals surface area contributed by atoms with Crippen molar-refractivity contribution in [2.75, 3.05) is 19.6 Å². The van der Waals surface area contributed by atoms with Crippen LogP contribution in [-0.4, -0.2) is 47.4 Å². The predicted octanol–water partition coefficient (Wildman–Crippen LogP) is -0.164. The Balaban J connectivity index is 2.45. The van der Waals surface area contributed by atoms with Crippen molar-refractivity contribution in [3.8, 4) is 0 Å². The Hall–Kier alpha value is -1.59. The first kappa shape index (κ1) is 13.5. The molecular weight excluding hydrogens is 224 g/mol. The average Bonchev–Trinajstić information content (AvgIpc) is 2.41. The molecule has 6 nitrogen and oxygen atoms in total. The average molecular weight is 242 g/mol. The van der Waals surface area contributed by atoms with Gasteiger partial charge in [0.25, 0.3) is 0 Å². The van der Waals surface area contributed by atoms with Gasteiger partial charge in [0.05, 0.1) is 6.54 Å². The second kappa shape index (κ2) is 6.22. The highest BCUT2D eigenvalue weighted by molar-refractivity contribution is 5.85. The molecule has 1 fully saturated rings. The van der Waals surface area contributed by atoms with Gasteiger partial charge < -0.3 is 15.3 Å². The maximum absolute atomic E-state index is 11.8. The first-order valence-corrected chi connectivity index (χ1v) is 5.75. The van der Waals surface area contributed by atoms with Gasteiger partial charge in [0.15, 0.2) is 0 Å². The Morgan fingerprint density at radius 1 is 1.47 bits per heavy atom. The molecule has 1 heterocycles. The van der Waals surface area contributed by atoms with Crippen LogP contribution in [0.2, 0.25) is 0 Å². The van der Waals surface area contributed by atoms with Crippen LogP contribution in [-0.2, 0) is 14.4 Å². The van der Waals surface area contributed by atoms with Crippen molar-refractivity contribution in [2.45, 2.75) is 26.2 Å². The number of carboxylic acids is 1. The maximum atomic E-state index is 11.8. The van der Waals surface area contributed by atoms with Crippen LogP contribution in [0.3, 0.4) is 0 Å². The van der Waals surface area contributed by atoms with Crippen molar-refractivity contribution < 1.29 is 19.5 Å². The van der Waals surface area contributed by atoms with E-state index in [1.54, 1.807) is 6.92 Å². The predicted molar refractivity (Wildman–Crippen MR) is 60.2 cm³/mol. The lowest BCUT2D eigenvalue weighted by atomic mass is 10.0. The van der Waals surface area contributed by atoms with Crippen LogP contribution in [0.4, 0.5) is 0 Å². The second-order valence-corrected chi connectivity index (χ2v) is 4.43. The molecule has 0 saturated carbocycles. The third-order valence-corrected chi connectivity index (χ3v) is 2.66. The molecule has 1 rings (SSSR count). The van der Waals surface area contributed by atoms with Crippen molar-refractivity contribution in [3.05, 3.63) is 0 Å². The fraction of sp³-hybridized carbons (Fsp3) is 0.727. The lowest BCUT2D eigenvalue weighted by Gasteiger charge is -2.20. The summed E-state index contributed by atoms with van der Waals surface area (Å²) < 4.78 is 0. The minimum Gasteiger partial charge on any atom is -0.481 e. The van der Waals surface area contributed by atoms with Crippen LogP contribution in [0.15, 0.2) is 0 Å². The highest BCUT2D eigenvalue weighted by Gasteiger charge is 2.21. The van der Waals surface area contributed by atoms with E-state index in [-0.39, 0.29) is 37.1 Å². The number of carbonyl (C=O) groups is 3. The first-order chi connectivity index (χ1) is 7.99. The lowest BCUT2D eigenvalue weighted by molar-refractivity contribution is -0.139. The van der Waals surface area contributed by atoms with E-state index in [2.05, 4.69) is 5.32 Å². The molecule has 0 aromatic heterocycles. The Morgan fingerprint density at radius 3 is 2.82 bits per heavy atom. The lowest BCUT2D eigenvalue weighted by Crippen LogP contribution is -2.38. The zero-order chi connectivity index (χ0) is 12.8. The van der Waals surface area contributed by atoms with E-state index >= 15 is 0 Å². The zero-order valence-corrected chi connectivity index (χ0v) is 9.94. The van der Waals surface area contributed by atoms with Crippen LogP contribution in [0.1, 0.15) is 26.2 Å². The topological polar surface area (TPSA) is 86.7 Å². The van der Waals surface area contributed by atoms with Crippen molar-refractivity contribution in [3.63, 3.8) is 0 Å². The Kier molecular flexibility index (Phi) is 4.93. The van der Waals surface area contributed by atoms with Gasteiger partial charge in [-0.1, -0.05) is 6.92 Å². The van der Waals surface area contributed by atoms with Crippen LogP contribution in [0.5, 0.6) is 0 Å². The fourth-order valence-corrected chi connectivity index (χ4v) is 1.82. The van der Waals surface area contributed by atoms with E-state index in [0.717, 1.165) is 6.42 Å². The zero-order valence-electron chi connectivity index (χ0n) is 9.94. The van der Waals surface area contributed by atoms with Gasteiger partial charge in [0.2, 0.25) is 11.8 Å². The quantitative estimate of drug-likeness (QED) is 0.717. The molecular formula is C11H18N2O4. The molecule has 2 amide bonds. The van der Waals surface area contributed by atoms with E-state index in [4.69, 9.17) is 5.11 Å². The van der Waals surface area contributed by atoms with Crippen LogP contribution >= 0.6 is 0 Å². The molecule has 2 N–H and O–H groups in total.